The maximum Gasteiger partial charge on any atom is 0.270 e. The number of oxime groups is 1. The summed E-state index contributed by atoms with van der Waals surface area (Å²) < 4.78 is 14.0. The minimum absolute atomic E-state index is 0. The smallest absolute Gasteiger partial charge is 0.270 e. The van der Waals surface area contributed by atoms with Crippen molar-refractivity contribution in [2.24, 2.45) is 5.16 Å². The largest absolute Gasteiger partial charge is 0.394 e. The molecule has 35 heavy (non-hydrogen) atoms. The van der Waals surface area contributed by atoms with Crippen LogP contribution in [0.5, 0.6) is 0 Å². The summed E-state index contributed by atoms with van der Waals surface area (Å²) in [6.45, 7) is 4.68. The molecule has 1 saturated heterocycles. The van der Waals surface area contributed by atoms with E-state index in [-0.39, 0.29) is 41.8 Å². The van der Waals surface area contributed by atoms with Gasteiger partial charge in [-0.1, -0.05) is 5.16 Å². The Kier molecular flexibility index (Phi) is 8.28. The molecule has 2 aromatic carbocycles. The molecule has 3 aliphatic heterocycles. The number of rotatable bonds is 5. The van der Waals surface area contributed by atoms with E-state index < -0.39 is 16.6 Å². The summed E-state index contributed by atoms with van der Waals surface area (Å²) in [6, 6.07) is 8.32. The quantitative estimate of drug-likeness (QED) is 0.238. The van der Waals surface area contributed by atoms with Crippen LogP contribution < -0.4 is 16.0 Å². The van der Waals surface area contributed by atoms with Crippen molar-refractivity contribution in [1.82, 2.24) is 10.2 Å². The number of benzene rings is 2. The van der Waals surface area contributed by atoms with Gasteiger partial charge in [0.2, 0.25) is 0 Å². The number of nitro benzene ring substituents is 1. The van der Waals surface area contributed by atoms with Crippen LogP contribution in [0.15, 0.2) is 47.3 Å². The van der Waals surface area contributed by atoms with Crippen molar-refractivity contribution >= 4 is 59.1 Å². The maximum absolute atomic E-state index is 14.0. The van der Waals surface area contributed by atoms with E-state index in [9.17, 15) is 19.3 Å². The number of nitrogens with one attached hydrogen (secondary N) is 3. The number of carbonyl (C=O) groups excluding carboxylic acids is 1. The van der Waals surface area contributed by atoms with Gasteiger partial charge >= 0.3 is 0 Å². The topological polar surface area (TPSA) is 121 Å². The highest BCUT2D eigenvalue weighted by molar-refractivity contribution is 6.39. The molecule has 0 aliphatic carbocycles. The lowest BCUT2D eigenvalue weighted by Crippen LogP contribution is -2.44. The van der Waals surface area contributed by atoms with Gasteiger partial charge in [-0.25, -0.2) is 4.39 Å². The van der Waals surface area contributed by atoms with Crippen LogP contribution in [0.2, 0.25) is 0 Å². The highest BCUT2D eigenvalue weighted by atomic mass is 35.5. The fraction of sp³-hybridized carbons (Fsp3) is 0.273. The molecule has 1 amide bonds. The van der Waals surface area contributed by atoms with E-state index in [1.54, 1.807) is 6.07 Å². The molecule has 0 spiro atoms. The van der Waals surface area contributed by atoms with Gasteiger partial charge in [-0.15, -0.1) is 24.8 Å². The molecule has 10 nitrogen and oxygen atoms in total. The van der Waals surface area contributed by atoms with Crippen molar-refractivity contribution in [3.63, 3.8) is 0 Å². The first-order chi connectivity index (χ1) is 16.0. The SMILES string of the molecule is Cl.Cl.O=C1Nc2ccc([N+](=O)[O-])cc2/C1=C1/Nc2ccc(F)cc2/C1=N\OCCN1CCNCC1. The van der Waals surface area contributed by atoms with Crippen LogP contribution in [0.4, 0.5) is 21.5 Å². The average molecular weight is 525 g/mol. The number of piperazine rings is 1. The second-order valence-electron chi connectivity index (χ2n) is 7.87. The summed E-state index contributed by atoms with van der Waals surface area (Å²) in [4.78, 5) is 31.4. The summed E-state index contributed by atoms with van der Waals surface area (Å²) in [6.07, 6.45) is 0. The molecule has 186 valence electrons. The molecule has 0 atom stereocenters. The zero-order valence-electron chi connectivity index (χ0n) is 18.4. The van der Waals surface area contributed by atoms with Crippen LogP contribution in [0.1, 0.15) is 11.1 Å². The number of allylic oxidation sites excluding steroid dienone is 1. The lowest BCUT2D eigenvalue weighted by Gasteiger charge is -2.26. The number of non-ortho nitro benzene ring substituents is 1. The first kappa shape index (κ1) is 26.4. The number of carbonyl (C=O) groups is 1. The summed E-state index contributed by atoms with van der Waals surface area (Å²) in [7, 11) is 0. The predicted octanol–water partition coefficient (Wildman–Crippen LogP) is 2.99. The molecular formula is C22H23Cl2FN6O4. The highest BCUT2D eigenvalue weighted by Gasteiger charge is 2.35. The third kappa shape index (κ3) is 5.22. The molecule has 0 bridgehead atoms. The molecule has 3 aliphatic rings. The van der Waals surface area contributed by atoms with Crippen LogP contribution in [0.25, 0.3) is 5.57 Å². The first-order valence-corrected chi connectivity index (χ1v) is 10.6. The lowest BCUT2D eigenvalue weighted by atomic mass is 10.0. The molecule has 5 rings (SSSR count). The standard InChI is InChI=1S/C22H21FN6O4.2ClH/c23-13-1-3-18-16(11-13)20(27-33-10-9-28-7-5-24-6-8-28)21(25-18)19-15-12-14(29(31)32)2-4-17(15)26-22(19)30;;/h1-4,11-12,24-25H,5-10H2,(H,26,30);2*1H/b21-19-,27-20+;;. The Balaban J connectivity index is 0.00000171. The second-order valence-corrected chi connectivity index (χ2v) is 7.87. The molecule has 1 fully saturated rings. The Morgan fingerprint density at radius 1 is 1.06 bits per heavy atom. The predicted molar refractivity (Wildman–Crippen MR) is 135 cm³/mol. The molecule has 0 radical (unpaired) electrons. The van der Waals surface area contributed by atoms with E-state index in [1.165, 1.54) is 30.3 Å². The van der Waals surface area contributed by atoms with Gasteiger partial charge in [0.05, 0.1) is 16.2 Å². The van der Waals surface area contributed by atoms with Gasteiger partial charge in [0.1, 0.15) is 18.1 Å². The van der Waals surface area contributed by atoms with Gasteiger partial charge in [-0.2, -0.15) is 0 Å². The van der Waals surface area contributed by atoms with Crippen molar-refractivity contribution in [2.75, 3.05) is 50.0 Å². The van der Waals surface area contributed by atoms with Crippen molar-refractivity contribution < 1.29 is 18.9 Å². The lowest BCUT2D eigenvalue weighted by molar-refractivity contribution is -0.384. The third-order valence-corrected chi connectivity index (χ3v) is 5.81. The average Bonchev–Trinajstić information content (AvgIpc) is 3.32. The molecular weight excluding hydrogens is 502 g/mol. The van der Waals surface area contributed by atoms with Crippen molar-refractivity contribution in [2.45, 2.75) is 0 Å². The molecule has 0 aromatic heterocycles. The van der Waals surface area contributed by atoms with Crippen molar-refractivity contribution in [3.8, 4) is 0 Å². The fourth-order valence-electron chi connectivity index (χ4n) is 4.16. The van der Waals surface area contributed by atoms with Gasteiger partial charge in [0.25, 0.3) is 11.6 Å². The van der Waals surface area contributed by atoms with Crippen LogP contribution in [0, 0.1) is 15.9 Å². The Morgan fingerprint density at radius 2 is 1.77 bits per heavy atom. The summed E-state index contributed by atoms with van der Waals surface area (Å²) in [5.74, 6) is -0.892. The van der Waals surface area contributed by atoms with E-state index in [0.717, 1.165) is 26.2 Å². The second kappa shape index (κ2) is 11.0. The van der Waals surface area contributed by atoms with E-state index in [4.69, 9.17) is 4.84 Å². The van der Waals surface area contributed by atoms with Gasteiger partial charge in [-0.05, 0) is 24.3 Å². The molecule has 3 heterocycles. The van der Waals surface area contributed by atoms with Gasteiger partial charge in [0.15, 0.2) is 0 Å². The monoisotopic (exact) mass is 524 g/mol. The molecule has 3 N–H and O–H groups in total. The van der Waals surface area contributed by atoms with Crippen molar-refractivity contribution in [1.29, 1.82) is 0 Å². The minimum atomic E-state index is -0.522. The zero-order chi connectivity index (χ0) is 22.9. The normalized spacial score (nSPS) is 19.7. The van der Waals surface area contributed by atoms with Gasteiger partial charge in [-0.3, -0.25) is 19.8 Å². The summed E-state index contributed by atoms with van der Waals surface area (Å²) >= 11 is 0. The van der Waals surface area contributed by atoms with Crippen LogP contribution in [0.3, 0.4) is 0 Å². The molecule has 13 heteroatoms. The third-order valence-electron chi connectivity index (χ3n) is 5.81. The Morgan fingerprint density at radius 3 is 2.51 bits per heavy atom. The molecule has 0 saturated carbocycles. The van der Waals surface area contributed by atoms with Crippen LogP contribution in [-0.4, -0.2) is 60.8 Å². The highest BCUT2D eigenvalue weighted by Crippen LogP contribution is 2.40. The number of nitrogens with zero attached hydrogens (tertiary/aromatic N) is 3. The summed E-state index contributed by atoms with van der Waals surface area (Å²) in [5.41, 5.74) is 2.48. The van der Waals surface area contributed by atoms with Gasteiger partial charge < -0.3 is 20.8 Å². The first-order valence-electron chi connectivity index (χ1n) is 10.6. The Hall–Kier alpha value is -3.25. The van der Waals surface area contributed by atoms with E-state index in [0.29, 0.717) is 41.4 Å². The minimum Gasteiger partial charge on any atom is -0.394 e. The van der Waals surface area contributed by atoms with Gasteiger partial charge in [0, 0.05) is 67.4 Å². The number of hydrogen-bond acceptors (Lipinski definition) is 8. The number of hydrogen-bond donors (Lipinski definition) is 3. The van der Waals surface area contributed by atoms with E-state index in [2.05, 4.69) is 26.0 Å². The molecule has 0 unspecified atom stereocenters. The van der Waals surface area contributed by atoms with Crippen LogP contribution in [-0.2, 0) is 9.63 Å². The van der Waals surface area contributed by atoms with E-state index in [1.807, 2.05) is 0 Å². The number of amides is 1. The van der Waals surface area contributed by atoms with Crippen LogP contribution >= 0.6 is 24.8 Å². The maximum atomic E-state index is 14.0. The Bertz CT molecular complexity index is 1220. The Labute approximate surface area is 212 Å². The fourth-order valence-corrected chi connectivity index (χ4v) is 4.16. The zero-order valence-corrected chi connectivity index (χ0v) is 20.0. The number of halogens is 3. The summed E-state index contributed by atoms with van der Waals surface area (Å²) in [5, 5.41) is 24.6. The van der Waals surface area contributed by atoms with Crippen molar-refractivity contribution in [3.05, 3.63) is 69.2 Å². The van der Waals surface area contributed by atoms with E-state index >= 15 is 0 Å². The molecule has 2 aromatic rings. The number of nitro groups is 1. The number of fused-ring (bicyclic) bond motifs is 2. The number of anilines is 2.